The Morgan fingerprint density at radius 2 is 1.88 bits per heavy atom. The molecule has 3 aromatic heterocycles. The molecule has 9 heteroatoms. The van der Waals surface area contributed by atoms with E-state index in [4.69, 9.17) is 0 Å². The van der Waals surface area contributed by atoms with Gasteiger partial charge < -0.3 is 9.80 Å². The average Bonchev–Trinajstić information content (AvgIpc) is 3.25. The first-order valence-electron chi connectivity index (χ1n) is 10.8. The van der Waals surface area contributed by atoms with E-state index in [1.807, 2.05) is 19.1 Å². The molecule has 1 fully saturated rings. The van der Waals surface area contributed by atoms with Gasteiger partial charge in [-0.25, -0.2) is 9.37 Å². The minimum atomic E-state index is -0.363. The van der Waals surface area contributed by atoms with Gasteiger partial charge in [-0.15, -0.1) is 10.2 Å². The summed E-state index contributed by atoms with van der Waals surface area (Å²) in [6, 6.07) is 8.64. The molecule has 0 unspecified atom stereocenters. The fraction of sp³-hybridized carbons (Fsp3) is 0.292. The number of carbonyl (C=O) groups excluding carboxylic acids is 1. The van der Waals surface area contributed by atoms with E-state index < -0.39 is 0 Å². The largest absolute Gasteiger partial charge is 0.354 e. The average molecular weight is 463 g/mol. The first-order valence-corrected chi connectivity index (χ1v) is 11.6. The zero-order valence-corrected chi connectivity index (χ0v) is 19.3. The van der Waals surface area contributed by atoms with Crippen molar-refractivity contribution in [2.45, 2.75) is 13.3 Å². The van der Waals surface area contributed by atoms with Crippen LogP contribution in [0.5, 0.6) is 0 Å². The molecule has 1 aliphatic heterocycles. The quantitative estimate of drug-likeness (QED) is 0.418. The number of benzene rings is 1. The molecule has 4 heterocycles. The number of Topliss-reactive ketones (excluding diaryl/α,β-unsaturated/α-hetero) is 1. The van der Waals surface area contributed by atoms with Crippen molar-refractivity contribution < 1.29 is 9.18 Å². The highest BCUT2D eigenvalue weighted by molar-refractivity contribution is 7.14. The van der Waals surface area contributed by atoms with Crippen LogP contribution in [0.2, 0.25) is 0 Å². The summed E-state index contributed by atoms with van der Waals surface area (Å²) in [5, 5.41) is 10.8. The zero-order chi connectivity index (χ0) is 22.9. The van der Waals surface area contributed by atoms with Gasteiger partial charge in [0.05, 0.1) is 6.42 Å². The lowest BCUT2D eigenvalue weighted by Gasteiger charge is -2.33. The normalized spacial score (nSPS) is 14.7. The molecule has 1 aromatic carbocycles. The summed E-state index contributed by atoms with van der Waals surface area (Å²) in [6.45, 7) is 5.56. The Bertz CT molecular complexity index is 1330. The molecule has 0 spiro atoms. The van der Waals surface area contributed by atoms with Crippen molar-refractivity contribution in [3.63, 3.8) is 0 Å². The molecule has 7 nitrogen and oxygen atoms in total. The third kappa shape index (κ3) is 4.60. The summed E-state index contributed by atoms with van der Waals surface area (Å²) in [6.07, 6.45) is 3.46. The molecule has 0 N–H and O–H groups in total. The predicted molar refractivity (Wildman–Crippen MR) is 127 cm³/mol. The Hall–Kier alpha value is -3.30. The van der Waals surface area contributed by atoms with Gasteiger partial charge >= 0.3 is 0 Å². The first kappa shape index (κ1) is 21.5. The molecule has 4 aromatic rings. The second kappa shape index (κ2) is 8.92. The van der Waals surface area contributed by atoms with Crippen molar-refractivity contribution in [3.05, 3.63) is 64.8 Å². The maximum Gasteiger partial charge on any atom is 0.169 e. The van der Waals surface area contributed by atoms with Crippen molar-refractivity contribution in [1.29, 1.82) is 0 Å². The summed E-state index contributed by atoms with van der Waals surface area (Å²) in [7, 11) is 2.10. The molecule has 0 bridgehead atoms. The Morgan fingerprint density at radius 3 is 2.64 bits per heavy atom. The Morgan fingerprint density at radius 1 is 1.06 bits per heavy atom. The van der Waals surface area contributed by atoms with E-state index in [2.05, 4.69) is 37.0 Å². The second-order valence-electron chi connectivity index (χ2n) is 8.27. The molecular formula is C24H23FN6OS. The van der Waals surface area contributed by atoms with Crippen LogP contribution in [-0.2, 0) is 6.42 Å². The topological polar surface area (TPSA) is 75.1 Å². The van der Waals surface area contributed by atoms with Crippen LogP contribution in [0.4, 0.5) is 10.2 Å². The number of halogens is 1. The molecule has 1 aliphatic rings. The minimum absolute atomic E-state index is 0.0262. The van der Waals surface area contributed by atoms with Gasteiger partial charge in [0, 0.05) is 60.8 Å². The van der Waals surface area contributed by atoms with Gasteiger partial charge in [-0.05, 0) is 49.7 Å². The van der Waals surface area contributed by atoms with Crippen LogP contribution in [0.25, 0.3) is 21.3 Å². The number of carbonyl (C=O) groups is 1. The van der Waals surface area contributed by atoms with Crippen molar-refractivity contribution in [1.82, 2.24) is 25.1 Å². The molecule has 168 valence electrons. The van der Waals surface area contributed by atoms with E-state index in [0.717, 1.165) is 42.4 Å². The zero-order valence-electron chi connectivity index (χ0n) is 18.5. The number of fused-ring (bicyclic) bond motifs is 1. The molecule has 0 saturated carbocycles. The summed E-state index contributed by atoms with van der Waals surface area (Å²) >= 11 is 1.34. The lowest BCUT2D eigenvalue weighted by atomic mass is 10.0. The number of aryl methyl sites for hydroxylation is 1. The number of hydrogen-bond acceptors (Lipinski definition) is 8. The Balaban J connectivity index is 1.38. The molecule has 0 amide bonds. The smallest absolute Gasteiger partial charge is 0.169 e. The van der Waals surface area contributed by atoms with Crippen LogP contribution in [0.3, 0.4) is 0 Å². The summed E-state index contributed by atoms with van der Waals surface area (Å²) < 4.78 is 14.6. The lowest BCUT2D eigenvalue weighted by Crippen LogP contribution is -2.44. The number of ketones is 1. The summed E-state index contributed by atoms with van der Waals surface area (Å²) in [5.41, 5.74) is 1.66. The lowest BCUT2D eigenvalue weighted by molar-refractivity contribution is 0.0992. The van der Waals surface area contributed by atoms with E-state index in [-0.39, 0.29) is 18.0 Å². The molecule has 33 heavy (non-hydrogen) atoms. The Kier molecular flexibility index (Phi) is 5.82. The van der Waals surface area contributed by atoms with Crippen molar-refractivity contribution in [2.24, 2.45) is 0 Å². The van der Waals surface area contributed by atoms with Crippen LogP contribution in [0, 0.1) is 12.7 Å². The van der Waals surface area contributed by atoms with E-state index in [1.54, 1.807) is 24.5 Å². The molecule has 0 atom stereocenters. The molecule has 1 saturated heterocycles. The maximum atomic E-state index is 14.6. The van der Waals surface area contributed by atoms with Crippen LogP contribution in [0.15, 0.2) is 42.7 Å². The van der Waals surface area contributed by atoms with Gasteiger partial charge in [-0.3, -0.25) is 9.78 Å². The van der Waals surface area contributed by atoms with Crippen LogP contribution < -0.4 is 4.90 Å². The number of rotatable bonds is 5. The number of hydrogen-bond donors (Lipinski definition) is 0. The number of likely N-dealkylation sites (N-methyl/N-ethyl adjacent to an activating group) is 1. The number of nitrogens with zero attached hydrogens (tertiary/aromatic N) is 6. The number of pyridine rings is 2. The standard InChI is InChI=1S/C24H23FN6OS/c1-15-28-29-24(33-15)20-10-17-9-19(27-14-18(17)11-21(20)25)13-22(32)16-3-4-26-23(12-16)31-7-5-30(2)6-8-31/h3-4,9-12,14H,5-8,13H2,1-2H3. The van der Waals surface area contributed by atoms with E-state index in [1.165, 1.54) is 17.4 Å². The van der Waals surface area contributed by atoms with E-state index in [9.17, 15) is 9.18 Å². The fourth-order valence-corrected chi connectivity index (χ4v) is 4.65. The van der Waals surface area contributed by atoms with Gasteiger partial charge in [-0.2, -0.15) is 0 Å². The van der Waals surface area contributed by atoms with Crippen LogP contribution in [0.1, 0.15) is 21.1 Å². The summed E-state index contributed by atoms with van der Waals surface area (Å²) in [4.78, 5) is 26.4. The predicted octanol–water partition coefficient (Wildman–Crippen LogP) is 3.77. The fourth-order valence-electron chi connectivity index (χ4n) is 3.94. The minimum Gasteiger partial charge on any atom is -0.354 e. The second-order valence-corrected chi connectivity index (χ2v) is 9.46. The van der Waals surface area contributed by atoms with Gasteiger partial charge in [-0.1, -0.05) is 11.3 Å². The number of piperazine rings is 1. The highest BCUT2D eigenvalue weighted by Gasteiger charge is 2.18. The number of anilines is 1. The molecular weight excluding hydrogens is 439 g/mol. The van der Waals surface area contributed by atoms with Gasteiger partial charge in [0.15, 0.2) is 10.8 Å². The third-order valence-corrected chi connectivity index (χ3v) is 6.73. The van der Waals surface area contributed by atoms with E-state index >= 15 is 0 Å². The van der Waals surface area contributed by atoms with Crippen molar-refractivity contribution in [2.75, 3.05) is 38.1 Å². The van der Waals surface area contributed by atoms with Gasteiger partial charge in [0.25, 0.3) is 0 Å². The van der Waals surface area contributed by atoms with Crippen molar-refractivity contribution in [3.8, 4) is 10.6 Å². The molecule has 0 radical (unpaired) electrons. The van der Waals surface area contributed by atoms with Gasteiger partial charge in [0.1, 0.15) is 16.6 Å². The Labute approximate surface area is 194 Å². The van der Waals surface area contributed by atoms with Gasteiger partial charge in [0.2, 0.25) is 0 Å². The van der Waals surface area contributed by atoms with Crippen molar-refractivity contribution >= 4 is 33.7 Å². The highest BCUT2D eigenvalue weighted by Crippen LogP contribution is 2.30. The first-order chi connectivity index (χ1) is 16.0. The summed E-state index contributed by atoms with van der Waals surface area (Å²) in [5.74, 6) is 0.437. The van der Waals surface area contributed by atoms with Crippen LogP contribution in [-0.4, -0.2) is 64.1 Å². The molecule has 0 aliphatic carbocycles. The SMILES string of the molecule is Cc1nnc(-c2cc3cc(CC(=O)c4ccnc(N5CCN(C)CC5)c4)ncc3cc2F)s1. The molecule has 5 rings (SSSR count). The number of aromatic nitrogens is 4. The highest BCUT2D eigenvalue weighted by atomic mass is 32.1. The van der Waals surface area contributed by atoms with Crippen LogP contribution >= 0.6 is 11.3 Å². The third-order valence-electron chi connectivity index (χ3n) is 5.86. The maximum absolute atomic E-state index is 14.6. The monoisotopic (exact) mass is 462 g/mol. The van der Waals surface area contributed by atoms with E-state index in [0.29, 0.717) is 27.2 Å².